The number of halogens is 3. The number of pyridine rings is 1. The summed E-state index contributed by atoms with van der Waals surface area (Å²) in [5.74, 6) is -0.144. The maximum Gasteiger partial charge on any atom is 0.405 e. The maximum atomic E-state index is 13.2. The molecule has 0 radical (unpaired) electrons. The molecule has 0 saturated carbocycles. The van der Waals surface area contributed by atoms with E-state index in [9.17, 15) is 22.8 Å². The summed E-state index contributed by atoms with van der Waals surface area (Å²) in [6.45, 7) is 8.62. The number of anilines is 3. The van der Waals surface area contributed by atoms with Crippen molar-refractivity contribution in [3.05, 3.63) is 41.9 Å². The highest BCUT2D eigenvalue weighted by molar-refractivity contribution is 6.10. The lowest BCUT2D eigenvalue weighted by Crippen LogP contribution is -2.38. The number of nitrogens with zero attached hydrogens (tertiary/aromatic N) is 6. The number of carbonyl (C=O) groups excluding carboxylic acids is 2. The molecule has 2 N–H and O–H groups in total. The van der Waals surface area contributed by atoms with Crippen LogP contribution in [0.5, 0.6) is 0 Å². The van der Waals surface area contributed by atoms with E-state index in [1.165, 1.54) is 23.0 Å². The smallest absolute Gasteiger partial charge is 0.361 e. The largest absolute Gasteiger partial charge is 0.405 e. The van der Waals surface area contributed by atoms with Gasteiger partial charge in [0.05, 0.1) is 6.20 Å². The summed E-state index contributed by atoms with van der Waals surface area (Å²) in [7, 11) is 1.71. The quantitative estimate of drug-likeness (QED) is 0.294. The van der Waals surface area contributed by atoms with Gasteiger partial charge in [0.1, 0.15) is 23.7 Å². The first kappa shape index (κ1) is 30.8. The zero-order chi connectivity index (χ0) is 29.4. The number of hydrogen-bond acceptors (Lipinski definition) is 7. The lowest BCUT2D eigenvalue weighted by Gasteiger charge is -2.27. The minimum absolute atomic E-state index is 0.0425. The Labute approximate surface area is 232 Å². The van der Waals surface area contributed by atoms with Crippen LogP contribution in [0, 0.1) is 0 Å². The van der Waals surface area contributed by atoms with Gasteiger partial charge in [-0.3, -0.25) is 24.1 Å². The predicted octanol–water partition coefficient (Wildman–Crippen LogP) is 4.37. The molecule has 0 aliphatic carbocycles. The number of aliphatic imine (C=N–C) groups is 1. The second-order valence-corrected chi connectivity index (χ2v) is 9.66. The van der Waals surface area contributed by atoms with Crippen LogP contribution in [-0.2, 0) is 16.6 Å². The molecular weight excluding hydrogens is 525 g/mol. The van der Waals surface area contributed by atoms with Crippen LogP contribution in [-0.4, -0.2) is 75.6 Å². The Bertz CT molecular complexity index is 1250. The van der Waals surface area contributed by atoms with Crippen molar-refractivity contribution in [2.24, 2.45) is 12.0 Å². The van der Waals surface area contributed by atoms with Gasteiger partial charge >= 0.3 is 6.18 Å². The van der Waals surface area contributed by atoms with Crippen LogP contribution >= 0.6 is 0 Å². The monoisotopic (exact) mass is 562 g/mol. The van der Waals surface area contributed by atoms with E-state index in [0.717, 1.165) is 25.9 Å². The van der Waals surface area contributed by atoms with Crippen molar-refractivity contribution in [1.29, 1.82) is 0 Å². The lowest BCUT2D eigenvalue weighted by molar-refractivity contribution is -0.117. The second-order valence-electron chi connectivity index (χ2n) is 9.66. The van der Waals surface area contributed by atoms with E-state index >= 15 is 0 Å². The molecule has 10 nitrogen and oxygen atoms in total. The predicted molar refractivity (Wildman–Crippen MR) is 150 cm³/mol. The van der Waals surface area contributed by atoms with Gasteiger partial charge in [0.25, 0.3) is 5.91 Å². The van der Waals surface area contributed by atoms with E-state index in [-0.39, 0.29) is 23.5 Å². The first-order valence-corrected chi connectivity index (χ1v) is 13.3. The Kier molecular flexibility index (Phi) is 10.4. The first-order chi connectivity index (χ1) is 18.9. The fourth-order valence-electron chi connectivity index (χ4n) is 4.57. The molecule has 3 heterocycles. The summed E-state index contributed by atoms with van der Waals surface area (Å²) in [5, 5.41) is 9.52. The highest BCUT2D eigenvalue weighted by Gasteiger charge is 2.36. The average molecular weight is 563 g/mol. The maximum absolute atomic E-state index is 13.2. The summed E-state index contributed by atoms with van der Waals surface area (Å²) < 4.78 is 39.2. The third-order valence-corrected chi connectivity index (χ3v) is 6.40. The highest BCUT2D eigenvalue weighted by Crippen LogP contribution is 2.30. The van der Waals surface area contributed by atoms with E-state index in [2.05, 4.69) is 44.5 Å². The Balaban J connectivity index is 1.76. The molecule has 0 aromatic carbocycles. The minimum Gasteiger partial charge on any atom is -0.361 e. The minimum atomic E-state index is -4.38. The molecule has 2 aromatic rings. The molecule has 40 heavy (non-hydrogen) atoms. The molecule has 13 heteroatoms. The van der Waals surface area contributed by atoms with Crippen LogP contribution in [0.25, 0.3) is 0 Å². The topological polar surface area (TPSA) is 108 Å². The number of rotatable bonds is 12. The molecule has 2 amide bonds. The summed E-state index contributed by atoms with van der Waals surface area (Å²) in [6, 6.07) is 3.11. The van der Waals surface area contributed by atoms with E-state index in [0.29, 0.717) is 35.7 Å². The number of carbonyl (C=O) groups is 2. The fraction of sp³-hybridized carbons (Fsp3) is 0.519. The van der Waals surface area contributed by atoms with Crippen molar-refractivity contribution in [2.75, 3.05) is 41.7 Å². The van der Waals surface area contributed by atoms with Crippen molar-refractivity contribution < 1.29 is 22.8 Å². The molecule has 0 unspecified atom stereocenters. The van der Waals surface area contributed by atoms with Gasteiger partial charge in [0.2, 0.25) is 5.91 Å². The Morgan fingerprint density at radius 1 is 1.27 bits per heavy atom. The number of alkyl halides is 3. The average Bonchev–Trinajstić information content (AvgIpc) is 3.46. The number of allylic oxidation sites excluding steroid dienone is 1. The molecular formula is C27H37F3N8O2. The molecule has 218 valence electrons. The van der Waals surface area contributed by atoms with E-state index in [4.69, 9.17) is 0 Å². The lowest BCUT2D eigenvalue weighted by atomic mass is 10.1. The fourth-order valence-corrected chi connectivity index (χ4v) is 4.57. The summed E-state index contributed by atoms with van der Waals surface area (Å²) in [6.07, 6.45) is 2.52. The highest BCUT2D eigenvalue weighted by atomic mass is 19.4. The Hall–Kier alpha value is -3.74. The second kappa shape index (κ2) is 13.6. The standard InChI is InChI=1S/C27H37F3N8O2/c1-6-11-37(12-7-2)20-14-24(39)38(15-20)25-22(16-36(5)35-25)34-26(40)21(8-3)33-18(4)19-9-10-31-23(13-19)32-17-27(28,29)30/h8-10,13,16,20H,6-7,11-12,14-15,17H2,1-5H3,(H,31,32)(H,34,40)/b21-8-,33-18+/t20-/m0/s1. The zero-order valence-corrected chi connectivity index (χ0v) is 23.5. The molecule has 1 saturated heterocycles. The molecule has 2 aromatic heterocycles. The van der Waals surface area contributed by atoms with Gasteiger partial charge in [-0.25, -0.2) is 9.98 Å². The van der Waals surface area contributed by atoms with Crippen LogP contribution in [0.3, 0.4) is 0 Å². The summed E-state index contributed by atoms with van der Waals surface area (Å²) >= 11 is 0. The first-order valence-electron chi connectivity index (χ1n) is 13.3. The van der Waals surface area contributed by atoms with E-state index in [1.807, 2.05) is 0 Å². The van der Waals surface area contributed by atoms with Gasteiger partial charge in [-0.05, 0) is 51.9 Å². The van der Waals surface area contributed by atoms with Crippen LogP contribution < -0.4 is 15.5 Å². The number of aryl methyl sites for hydroxylation is 1. The third-order valence-electron chi connectivity index (χ3n) is 6.40. The van der Waals surface area contributed by atoms with Gasteiger partial charge in [-0.2, -0.15) is 18.3 Å². The number of aromatic nitrogens is 3. The SMILES string of the molecule is C/C=C(\N=C(/C)c1ccnc(NCC(F)(F)F)c1)C(=O)Nc1cn(C)nc1N1C[C@@H](N(CCC)CCC)CC1=O. The summed E-state index contributed by atoms with van der Waals surface area (Å²) in [5.41, 5.74) is 1.40. The molecule has 1 fully saturated rings. The molecule has 1 aliphatic rings. The van der Waals surface area contributed by atoms with E-state index < -0.39 is 18.6 Å². The van der Waals surface area contributed by atoms with Gasteiger partial charge < -0.3 is 10.6 Å². The Morgan fingerprint density at radius 3 is 2.60 bits per heavy atom. The van der Waals surface area contributed by atoms with Gasteiger partial charge in [0.15, 0.2) is 5.82 Å². The van der Waals surface area contributed by atoms with Crippen molar-refractivity contribution in [3.8, 4) is 0 Å². The molecule has 1 aliphatic heterocycles. The van der Waals surface area contributed by atoms with Crippen molar-refractivity contribution >= 4 is 34.8 Å². The normalized spacial score (nSPS) is 16.7. The zero-order valence-electron chi connectivity index (χ0n) is 23.5. The van der Waals surface area contributed by atoms with Gasteiger partial charge in [-0.1, -0.05) is 19.9 Å². The third kappa shape index (κ3) is 8.13. The van der Waals surface area contributed by atoms with Crippen molar-refractivity contribution in [2.45, 2.75) is 59.2 Å². The number of nitrogens with one attached hydrogen (secondary N) is 2. The number of hydrogen-bond donors (Lipinski definition) is 2. The van der Waals surface area contributed by atoms with Crippen molar-refractivity contribution in [1.82, 2.24) is 19.7 Å². The van der Waals surface area contributed by atoms with E-state index in [1.54, 1.807) is 38.1 Å². The van der Waals surface area contributed by atoms with Crippen molar-refractivity contribution in [3.63, 3.8) is 0 Å². The summed E-state index contributed by atoms with van der Waals surface area (Å²) in [4.78, 5) is 38.5. The van der Waals surface area contributed by atoms with Crippen LogP contribution in [0.4, 0.5) is 30.5 Å². The molecule has 1 atom stereocenters. The van der Waals surface area contributed by atoms with Crippen LogP contribution in [0.1, 0.15) is 52.5 Å². The molecule has 3 rings (SSSR count). The van der Waals surface area contributed by atoms with Crippen LogP contribution in [0.15, 0.2) is 41.3 Å². The Morgan fingerprint density at radius 2 is 1.98 bits per heavy atom. The molecule has 0 spiro atoms. The molecule has 0 bridgehead atoms. The van der Waals surface area contributed by atoms with Gasteiger partial charge in [-0.15, -0.1) is 0 Å². The van der Waals surface area contributed by atoms with Crippen LogP contribution in [0.2, 0.25) is 0 Å². The number of amides is 2. The van der Waals surface area contributed by atoms with Gasteiger partial charge in [0, 0.05) is 43.5 Å².